The minimum atomic E-state index is -1.22. The van der Waals surface area contributed by atoms with Crippen molar-refractivity contribution in [1.29, 1.82) is 0 Å². The van der Waals surface area contributed by atoms with E-state index in [1.54, 1.807) is 49.5 Å². The van der Waals surface area contributed by atoms with Gasteiger partial charge in [-0.1, -0.05) is 67.6 Å². The van der Waals surface area contributed by atoms with Crippen LogP contribution in [-0.2, 0) is 4.79 Å². The van der Waals surface area contributed by atoms with Crippen molar-refractivity contribution in [2.45, 2.75) is 25.6 Å². The number of urea groups is 1. The standard InChI is InChI=1S/C26H25FN4O2/c1-3-21(17-11-5-4-6-12-17)28-26(33)30-24-25(32)31(2)22-16-10-8-14-19(22)23(29-24)18-13-7-9-15-20(18)27/h4-16,21,24H,3H2,1-2H3,(H2,28,30,33)/t21-,24?/m0/s1. The number of aliphatic imine (C=N–C) groups is 1. The molecule has 7 heteroatoms. The van der Waals surface area contributed by atoms with Crippen molar-refractivity contribution in [3.8, 4) is 0 Å². The molecule has 33 heavy (non-hydrogen) atoms. The quantitative estimate of drug-likeness (QED) is 0.612. The van der Waals surface area contributed by atoms with Crippen molar-refractivity contribution >= 4 is 23.3 Å². The van der Waals surface area contributed by atoms with Crippen molar-refractivity contribution < 1.29 is 14.0 Å². The van der Waals surface area contributed by atoms with Crippen LogP contribution in [0.1, 0.15) is 36.1 Å². The number of rotatable bonds is 5. The number of para-hydroxylation sites is 1. The van der Waals surface area contributed by atoms with Crippen molar-refractivity contribution in [3.63, 3.8) is 0 Å². The van der Waals surface area contributed by atoms with Gasteiger partial charge in [-0.25, -0.2) is 14.2 Å². The molecule has 0 saturated carbocycles. The van der Waals surface area contributed by atoms with E-state index in [2.05, 4.69) is 15.6 Å². The number of hydrogen-bond acceptors (Lipinski definition) is 3. The normalized spacial score (nSPS) is 16.3. The van der Waals surface area contributed by atoms with Crippen LogP contribution in [0.3, 0.4) is 0 Å². The van der Waals surface area contributed by atoms with E-state index in [9.17, 15) is 14.0 Å². The summed E-state index contributed by atoms with van der Waals surface area (Å²) in [7, 11) is 1.62. The summed E-state index contributed by atoms with van der Waals surface area (Å²) in [5.41, 5.74) is 2.73. The molecule has 1 aliphatic rings. The third-order valence-electron chi connectivity index (χ3n) is 5.66. The Labute approximate surface area is 192 Å². The summed E-state index contributed by atoms with van der Waals surface area (Å²) < 4.78 is 14.7. The number of amides is 3. The lowest BCUT2D eigenvalue weighted by atomic mass is 10.00. The van der Waals surface area contributed by atoms with Crippen LogP contribution in [0.4, 0.5) is 14.9 Å². The number of nitrogens with zero attached hydrogens (tertiary/aromatic N) is 2. The Balaban J connectivity index is 1.68. The molecule has 6 nitrogen and oxygen atoms in total. The van der Waals surface area contributed by atoms with Crippen LogP contribution in [0.5, 0.6) is 0 Å². The number of halogens is 1. The fourth-order valence-electron chi connectivity index (χ4n) is 3.91. The molecule has 0 radical (unpaired) electrons. The van der Waals surface area contributed by atoms with E-state index in [1.165, 1.54) is 11.0 Å². The zero-order valence-corrected chi connectivity index (χ0v) is 18.5. The van der Waals surface area contributed by atoms with Gasteiger partial charge < -0.3 is 15.5 Å². The second-order valence-electron chi connectivity index (χ2n) is 7.76. The summed E-state index contributed by atoms with van der Waals surface area (Å²) in [5.74, 6) is -0.877. The highest BCUT2D eigenvalue weighted by atomic mass is 19.1. The number of hydrogen-bond donors (Lipinski definition) is 2. The van der Waals surface area contributed by atoms with Crippen LogP contribution < -0.4 is 15.5 Å². The Morgan fingerprint density at radius 2 is 1.64 bits per heavy atom. The minimum Gasteiger partial charge on any atom is -0.331 e. The molecular weight excluding hydrogens is 419 g/mol. The number of carbonyl (C=O) groups is 2. The molecule has 1 unspecified atom stereocenters. The third-order valence-corrected chi connectivity index (χ3v) is 5.66. The number of anilines is 1. The van der Waals surface area contributed by atoms with E-state index in [0.29, 0.717) is 23.4 Å². The summed E-state index contributed by atoms with van der Waals surface area (Å²) in [6.45, 7) is 1.97. The average molecular weight is 445 g/mol. The molecule has 3 amide bonds. The first kappa shape index (κ1) is 22.2. The van der Waals surface area contributed by atoms with Gasteiger partial charge in [-0.2, -0.15) is 0 Å². The Hall–Kier alpha value is -4.00. The molecule has 168 valence electrons. The van der Waals surface area contributed by atoms with Gasteiger partial charge in [0, 0.05) is 18.2 Å². The van der Waals surface area contributed by atoms with Crippen LogP contribution in [0.25, 0.3) is 0 Å². The highest BCUT2D eigenvalue weighted by Gasteiger charge is 2.32. The van der Waals surface area contributed by atoms with E-state index in [4.69, 9.17) is 0 Å². The van der Waals surface area contributed by atoms with Gasteiger partial charge in [-0.15, -0.1) is 0 Å². The zero-order valence-electron chi connectivity index (χ0n) is 18.5. The lowest BCUT2D eigenvalue weighted by Gasteiger charge is -2.22. The summed E-state index contributed by atoms with van der Waals surface area (Å²) in [4.78, 5) is 32.1. The number of fused-ring (bicyclic) bond motifs is 1. The van der Waals surface area contributed by atoms with Crippen molar-refractivity contribution in [3.05, 3.63) is 101 Å². The summed E-state index contributed by atoms with van der Waals surface area (Å²) in [5, 5.41) is 5.59. The van der Waals surface area contributed by atoms with Gasteiger partial charge in [0.15, 0.2) is 0 Å². The molecule has 0 fully saturated rings. The van der Waals surface area contributed by atoms with Gasteiger partial charge in [0.2, 0.25) is 6.17 Å². The number of carbonyl (C=O) groups excluding carboxylic acids is 2. The van der Waals surface area contributed by atoms with Crippen LogP contribution >= 0.6 is 0 Å². The summed E-state index contributed by atoms with van der Waals surface area (Å²) in [6, 6.07) is 22.3. The van der Waals surface area contributed by atoms with Gasteiger partial charge in [-0.05, 0) is 30.2 Å². The predicted molar refractivity (Wildman–Crippen MR) is 127 cm³/mol. The van der Waals surface area contributed by atoms with E-state index in [1.807, 2.05) is 37.3 Å². The van der Waals surface area contributed by atoms with Crippen LogP contribution in [0.15, 0.2) is 83.9 Å². The first-order chi connectivity index (χ1) is 16.0. The van der Waals surface area contributed by atoms with Gasteiger partial charge in [-0.3, -0.25) is 4.79 Å². The molecule has 3 aromatic carbocycles. The van der Waals surface area contributed by atoms with Crippen LogP contribution in [0, 0.1) is 5.82 Å². The van der Waals surface area contributed by atoms with E-state index >= 15 is 0 Å². The van der Waals surface area contributed by atoms with Crippen molar-refractivity contribution in [1.82, 2.24) is 10.6 Å². The summed E-state index contributed by atoms with van der Waals surface area (Å²) >= 11 is 0. The van der Waals surface area contributed by atoms with Crippen molar-refractivity contribution in [2.24, 2.45) is 4.99 Å². The Morgan fingerprint density at radius 3 is 2.33 bits per heavy atom. The maximum atomic E-state index is 14.7. The summed E-state index contributed by atoms with van der Waals surface area (Å²) in [6.07, 6.45) is -0.546. The van der Waals surface area contributed by atoms with Gasteiger partial charge >= 0.3 is 6.03 Å². The Kier molecular flexibility index (Phi) is 6.49. The first-order valence-corrected chi connectivity index (χ1v) is 10.8. The maximum absolute atomic E-state index is 14.7. The number of likely N-dealkylation sites (N-methyl/N-ethyl adjacent to an activating group) is 1. The molecule has 1 heterocycles. The fourth-order valence-corrected chi connectivity index (χ4v) is 3.91. The van der Waals surface area contributed by atoms with Crippen LogP contribution in [-0.4, -0.2) is 30.9 Å². The second-order valence-corrected chi connectivity index (χ2v) is 7.76. The minimum absolute atomic E-state index is 0.225. The molecule has 1 aliphatic heterocycles. The number of benzene rings is 3. The first-order valence-electron chi connectivity index (χ1n) is 10.8. The number of nitrogens with one attached hydrogen (secondary N) is 2. The average Bonchev–Trinajstić information content (AvgIpc) is 2.94. The van der Waals surface area contributed by atoms with Gasteiger partial charge in [0.25, 0.3) is 5.91 Å². The fraction of sp³-hybridized carbons (Fsp3) is 0.192. The largest absolute Gasteiger partial charge is 0.331 e. The van der Waals surface area contributed by atoms with Gasteiger partial charge in [0.05, 0.1) is 17.4 Å². The molecule has 4 rings (SSSR count). The lowest BCUT2D eigenvalue weighted by molar-refractivity contribution is -0.119. The molecule has 2 atom stereocenters. The van der Waals surface area contributed by atoms with Gasteiger partial charge in [0.1, 0.15) is 5.82 Å². The molecule has 3 aromatic rings. The zero-order chi connectivity index (χ0) is 23.4. The van der Waals surface area contributed by atoms with E-state index < -0.39 is 23.9 Å². The van der Waals surface area contributed by atoms with E-state index in [0.717, 1.165) is 5.56 Å². The topological polar surface area (TPSA) is 73.8 Å². The molecule has 0 bridgehead atoms. The number of benzodiazepines with no additional fused rings is 1. The Morgan fingerprint density at radius 1 is 1.00 bits per heavy atom. The smallest absolute Gasteiger partial charge is 0.317 e. The second kappa shape index (κ2) is 9.65. The SMILES string of the molecule is CC[C@H](NC(=O)NC1N=C(c2ccccc2F)c2ccccc2N(C)C1=O)c1ccccc1. The highest BCUT2D eigenvalue weighted by Crippen LogP contribution is 2.28. The van der Waals surface area contributed by atoms with E-state index in [-0.39, 0.29) is 11.6 Å². The molecule has 0 saturated heterocycles. The molecule has 0 aliphatic carbocycles. The van der Waals surface area contributed by atoms with Crippen LogP contribution in [0.2, 0.25) is 0 Å². The molecular formula is C26H25FN4O2. The maximum Gasteiger partial charge on any atom is 0.317 e. The molecule has 0 spiro atoms. The van der Waals surface area contributed by atoms with Crippen molar-refractivity contribution in [2.75, 3.05) is 11.9 Å². The lowest BCUT2D eigenvalue weighted by Crippen LogP contribution is -2.50. The molecule has 2 N–H and O–H groups in total. The predicted octanol–water partition coefficient (Wildman–Crippen LogP) is 4.42. The monoisotopic (exact) mass is 444 g/mol. The highest BCUT2D eigenvalue weighted by molar-refractivity contribution is 6.20. The molecule has 0 aromatic heterocycles. The third kappa shape index (κ3) is 4.62. The Bertz CT molecular complexity index is 1200.